The van der Waals surface area contributed by atoms with E-state index in [1.165, 1.54) is 0 Å². The summed E-state index contributed by atoms with van der Waals surface area (Å²) in [5, 5.41) is 3.34. The van der Waals surface area contributed by atoms with Gasteiger partial charge in [0.15, 0.2) is 5.78 Å². The van der Waals surface area contributed by atoms with Crippen LogP contribution in [-0.2, 0) is 14.3 Å². The number of rotatable bonds is 4. The van der Waals surface area contributed by atoms with Crippen molar-refractivity contribution >= 4 is 11.8 Å². The van der Waals surface area contributed by atoms with Crippen LogP contribution in [0.4, 0.5) is 0 Å². The molecule has 1 aromatic rings. The first-order valence-corrected chi connectivity index (χ1v) is 8.50. The average Bonchev–Trinajstić information content (AvgIpc) is 2.61. The number of nitrogens with zero attached hydrogens (tertiary/aromatic N) is 1. The summed E-state index contributed by atoms with van der Waals surface area (Å²) in [6.45, 7) is 4.09. The fourth-order valence-corrected chi connectivity index (χ4v) is 3.51. The molecule has 0 amide bonds. The zero-order valence-corrected chi connectivity index (χ0v) is 14.1. The number of ether oxygens (including phenoxy) is 1. The highest BCUT2D eigenvalue weighted by Crippen LogP contribution is 2.42. The van der Waals surface area contributed by atoms with E-state index in [-0.39, 0.29) is 11.8 Å². The number of Topliss-reactive ketones (excluding diaryl/α,β-unsaturated/α-hetero) is 1. The van der Waals surface area contributed by atoms with Gasteiger partial charge in [0, 0.05) is 41.7 Å². The van der Waals surface area contributed by atoms with E-state index in [0.29, 0.717) is 30.6 Å². The van der Waals surface area contributed by atoms with Crippen LogP contribution in [0.15, 0.2) is 47.1 Å². The minimum atomic E-state index is -0.392. The normalized spacial score (nSPS) is 20.6. The Morgan fingerprint density at radius 2 is 2.21 bits per heavy atom. The van der Waals surface area contributed by atoms with Crippen LogP contribution in [0.3, 0.4) is 0 Å². The first-order valence-electron chi connectivity index (χ1n) is 8.50. The quantitative estimate of drug-likeness (QED) is 0.862. The van der Waals surface area contributed by atoms with Crippen LogP contribution in [0.1, 0.15) is 51.0 Å². The predicted octanol–water partition coefficient (Wildman–Crippen LogP) is 3.00. The zero-order valence-electron chi connectivity index (χ0n) is 14.1. The van der Waals surface area contributed by atoms with Gasteiger partial charge in [0.25, 0.3) is 0 Å². The van der Waals surface area contributed by atoms with E-state index in [1.807, 2.05) is 19.1 Å². The minimum Gasteiger partial charge on any atom is -0.463 e. The molecule has 1 N–H and O–H groups in total. The molecule has 3 rings (SSSR count). The van der Waals surface area contributed by atoms with Crippen molar-refractivity contribution in [2.75, 3.05) is 6.61 Å². The summed E-state index contributed by atoms with van der Waals surface area (Å²) in [4.78, 5) is 29.5. The third-order valence-corrected chi connectivity index (χ3v) is 4.53. The molecule has 0 aromatic carbocycles. The van der Waals surface area contributed by atoms with Gasteiger partial charge in [-0.05, 0) is 37.8 Å². The molecular formula is C19H22N2O3. The molecule has 1 atom stereocenters. The summed E-state index contributed by atoms with van der Waals surface area (Å²) in [6, 6.07) is 3.75. The Hall–Kier alpha value is -2.43. The lowest BCUT2D eigenvalue weighted by Gasteiger charge is -2.34. The van der Waals surface area contributed by atoms with Crippen molar-refractivity contribution in [3.63, 3.8) is 0 Å². The monoisotopic (exact) mass is 326 g/mol. The molecular weight excluding hydrogens is 304 g/mol. The van der Waals surface area contributed by atoms with Crippen molar-refractivity contribution in [3.05, 3.63) is 52.6 Å². The molecule has 0 fully saturated rings. The van der Waals surface area contributed by atoms with Gasteiger partial charge in [-0.2, -0.15) is 0 Å². The molecule has 2 aliphatic rings. The second-order valence-electron chi connectivity index (χ2n) is 5.98. The van der Waals surface area contributed by atoms with E-state index in [4.69, 9.17) is 4.74 Å². The fourth-order valence-electron chi connectivity index (χ4n) is 3.51. The number of pyridine rings is 1. The Morgan fingerprint density at radius 1 is 1.38 bits per heavy atom. The van der Waals surface area contributed by atoms with E-state index < -0.39 is 5.92 Å². The number of ketones is 1. The maximum Gasteiger partial charge on any atom is 0.336 e. The SMILES string of the molecule is CCOC(=O)C1=C(CC)NC2=C(C(=O)CCC2)[C@H]1c1cccnc1. The minimum absolute atomic E-state index is 0.106. The molecule has 0 saturated heterocycles. The number of hydrogen-bond donors (Lipinski definition) is 1. The van der Waals surface area contributed by atoms with E-state index >= 15 is 0 Å². The van der Waals surface area contributed by atoms with Gasteiger partial charge in [0.05, 0.1) is 12.2 Å². The Bertz CT molecular complexity index is 719. The second kappa shape index (κ2) is 6.99. The molecule has 0 spiro atoms. The summed E-state index contributed by atoms with van der Waals surface area (Å²) < 4.78 is 5.29. The smallest absolute Gasteiger partial charge is 0.336 e. The van der Waals surface area contributed by atoms with Gasteiger partial charge < -0.3 is 10.1 Å². The number of esters is 1. The largest absolute Gasteiger partial charge is 0.463 e. The van der Waals surface area contributed by atoms with Crippen LogP contribution in [0, 0.1) is 0 Å². The molecule has 1 aliphatic carbocycles. The number of dihydropyridines is 1. The predicted molar refractivity (Wildman–Crippen MR) is 89.9 cm³/mol. The van der Waals surface area contributed by atoms with E-state index in [1.54, 1.807) is 19.3 Å². The van der Waals surface area contributed by atoms with Crippen molar-refractivity contribution in [2.24, 2.45) is 0 Å². The van der Waals surface area contributed by atoms with Gasteiger partial charge in [-0.3, -0.25) is 9.78 Å². The molecule has 0 unspecified atom stereocenters. The van der Waals surface area contributed by atoms with Crippen molar-refractivity contribution in [2.45, 2.75) is 45.4 Å². The van der Waals surface area contributed by atoms with Gasteiger partial charge in [-0.15, -0.1) is 0 Å². The molecule has 2 heterocycles. The van der Waals surface area contributed by atoms with E-state index in [0.717, 1.165) is 29.8 Å². The number of hydrogen-bond acceptors (Lipinski definition) is 5. The highest BCUT2D eigenvalue weighted by Gasteiger charge is 2.39. The number of nitrogens with one attached hydrogen (secondary N) is 1. The maximum absolute atomic E-state index is 12.7. The van der Waals surface area contributed by atoms with Gasteiger partial charge in [-0.1, -0.05) is 13.0 Å². The molecule has 0 bridgehead atoms. The Kier molecular flexibility index (Phi) is 4.79. The van der Waals surface area contributed by atoms with Gasteiger partial charge in [0.1, 0.15) is 0 Å². The number of allylic oxidation sites excluding steroid dienone is 3. The van der Waals surface area contributed by atoms with Crippen molar-refractivity contribution in [1.29, 1.82) is 0 Å². The highest BCUT2D eigenvalue weighted by atomic mass is 16.5. The van der Waals surface area contributed by atoms with E-state index in [9.17, 15) is 9.59 Å². The fraction of sp³-hybridized carbons (Fsp3) is 0.421. The molecule has 5 heteroatoms. The van der Waals surface area contributed by atoms with Crippen LogP contribution in [-0.4, -0.2) is 23.3 Å². The summed E-state index contributed by atoms with van der Waals surface area (Å²) in [6.07, 6.45) is 6.30. The number of carbonyl (C=O) groups excluding carboxylic acids is 2. The van der Waals surface area contributed by atoms with Crippen molar-refractivity contribution in [1.82, 2.24) is 10.3 Å². The first-order chi connectivity index (χ1) is 11.7. The summed E-state index contributed by atoms with van der Waals surface area (Å²) in [7, 11) is 0. The zero-order chi connectivity index (χ0) is 17.1. The molecule has 0 radical (unpaired) electrons. The molecule has 126 valence electrons. The van der Waals surface area contributed by atoms with Crippen LogP contribution in [0.5, 0.6) is 0 Å². The van der Waals surface area contributed by atoms with Gasteiger partial charge in [0.2, 0.25) is 0 Å². The van der Waals surface area contributed by atoms with Crippen molar-refractivity contribution < 1.29 is 14.3 Å². The number of aromatic nitrogens is 1. The van der Waals surface area contributed by atoms with Crippen LogP contribution >= 0.6 is 0 Å². The second-order valence-corrected chi connectivity index (χ2v) is 5.98. The first kappa shape index (κ1) is 16.4. The molecule has 1 aromatic heterocycles. The Morgan fingerprint density at radius 3 is 2.88 bits per heavy atom. The third kappa shape index (κ3) is 2.86. The standard InChI is InChI=1S/C19H22N2O3/c1-3-13-18(19(23)24-4-2)16(12-7-6-10-20-11-12)17-14(21-13)8-5-9-15(17)22/h6-7,10-11,16,21H,3-5,8-9H2,1-2H3/t16-/m1/s1. The van der Waals surface area contributed by atoms with Crippen LogP contribution in [0.2, 0.25) is 0 Å². The lowest BCUT2D eigenvalue weighted by atomic mass is 9.75. The lowest BCUT2D eigenvalue weighted by Crippen LogP contribution is -2.35. The third-order valence-electron chi connectivity index (χ3n) is 4.53. The highest BCUT2D eigenvalue weighted by molar-refractivity contribution is 6.03. The summed E-state index contributed by atoms with van der Waals surface area (Å²) >= 11 is 0. The molecule has 1 aliphatic heterocycles. The Balaban J connectivity index is 2.17. The van der Waals surface area contributed by atoms with Gasteiger partial charge in [-0.25, -0.2) is 4.79 Å². The lowest BCUT2D eigenvalue weighted by molar-refractivity contribution is -0.138. The number of carbonyl (C=O) groups is 2. The van der Waals surface area contributed by atoms with E-state index in [2.05, 4.69) is 10.3 Å². The average molecular weight is 326 g/mol. The van der Waals surface area contributed by atoms with Crippen LogP contribution < -0.4 is 5.32 Å². The van der Waals surface area contributed by atoms with Crippen LogP contribution in [0.25, 0.3) is 0 Å². The molecule has 24 heavy (non-hydrogen) atoms. The molecule has 0 saturated carbocycles. The maximum atomic E-state index is 12.7. The Labute approximate surface area is 141 Å². The summed E-state index contributed by atoms with van der Waals surface area (Å²) in [5.74, 6) is -0.646. The molecule has 5 nitrogen and oxygen atoms in total. The topological polar surface area (TPSA) is 68.3 Å². The summed E-state index contributed by atoms with van der Waals surface area (Å²) in [5.41, 5.74) is 3.90. The van der Waals surface area contributed by atoms with Crippen molar-refractivity contribution in [3.8, 4) is 0 Å². The van der Waals surface area contributed by atoms with Gasteiger partial charge >= 0.3 is 5.97 Å².